The van der Waals surface area contributed by atoms with E-state index in [0.29, 0.717) is 12.2 Å². The molecule has 0 atom stereocenters. The highest BCUT2D eigenvalue weighted by Gasteiger charge is 2.16. The summed E-state index contributed by atoms with van der Waals surface area (Å²) in [6.45, 7) is 2.60. The van der Waals surface area contributed by atoms with Crippen molar-refractivity contribution < 1.29 is 17.9 Å². The summed E-state index contributed by atoms with van der Waals surface area (Å²) in [5.41, 5.74) is 2.89. The van der Waals surface area contributed by atoms with E-state index in [4.69, 9.17) is 4.74 Å². The van der Waals surface area contributed by atoms with Crippen molar-refractivity contribution in [1.29, 1.82) is 0 Å². The number of hydrogen-bond donors (Lipinski definition) is 2. The van der Waals surface area contributed by atoms with Gasteiger partial charge in [0.1, 0.15) is 0 Å². The minimum atomic E-state index is -3.58. The molecular formula is C21H24N4O4S. The molecule has 0 fully saturated rings. The fraction of sp³-hybridized carbons (Fsp3) is 0.238. The average Bonchev–Trinajstić information content (AvgIpc) is 3.14. The van der Waals surface area contributed by atoms with Crippen molar-refractivity contribution in [2.75, 3.05) is 20.3 Å². The number of hydrogen-bond acceptors (Lipinski definition) is 5. The van der Waals surface area contributed by atoms with Gasteiger partial charge in [-0.25, -0.2) is 17.8 Å². The van der Waals surface area contributed by atoms with E-state index in [1.165, 1.54) is 19.2 Å². The van der Waals surface area contributed by atoms with Gasteiger partial charge in [-0.3, -0.25) is 4.79 Å². The number of amides is 1. The second kappa shape index (κ2) is 9.66. The molecule has 1 heterocycles. The Morgan fingerprint density at radius 1 is 1.10 bits per heavy atom. The van der Waals surface area contributed by atoms with Gasteiger partial charge in [0.15, 0.2) is 0 Å². The SMILES string of the molecule is COCCNS(=O)(=O)c1ccc(CNC(=O)c2cnn(-c3ccccc3)c2C)cc1. The van der Waals surface area contributed by atoms with Crippen molar-refractivity contribution >= 4 is 15.9 Å². The third kappa shape index (κ3) is 5.12. The van der Waals surface area contributed by atoms with E-state index in [1.54, 1.807) is 23.0 Å². The number of methoxy groups -OCH3 is 1. The molecule has 0 radical (unpaired) electrons. The zero-order chi connectivity index (χ0) is 21.6. The molecule has 0 aliphatic carbocycles. The topological polar surface area (TPSA) is 102 Å². The first-order chi connectivity index (χ1) is 14.4. The van der Waals surface area contributed by atoms with Crippen LogP contribution in [0.5, 0.6) is 0 Å². The Balaban J connectivity index is 1.62. The van der Waals surface area contributed by atoms with Crippen LogP contribution in [0.2, 0.25) is 0 Å². The molecule has 8 nitrogen and oxygen atoms in total. The summed E-state index contributed by atoms with van der Waals surface area (Å²) >= 11 is 0. The Labute approximate surface area is 175 Å². The second-order valence-electron chi connectivity index (χ2n) is 6.61. The number of carbonyl (C=O) groups excluding carboxylic acids is 1. The number of aromatic nitrogens is 2. The first-order valence-corrected chi connectivity index (χ1v) is 10.9. The van der Waals surface area contributed by atoms with Crippen molar-refractivity contribution in [1.82, 2.24) is 19.8 Å². The first-order valence-electron chi connectivity index (χ1n) is 9.38. The number of rotatable bonds is 9. The molecular weight excluding hydrogens is 404 g/mol. The van der Waals surface area contributed by atoms with E-state index in [1.807, 2.05) is 37.3 Å². The van der Waals surface area contributed by atoms with Crippen LogP contribution in [-0.2, 0) is 21.3 Å². The summed E-state index contributed by atoms with van der Waals surface area (Å²) in [7, 11) is -2.08. The molecule has 158 valence electrons. The molecule has 1 aromatic heterocycles. The third-order valence-electron chi connectivity index (χ3n) is 4.54. The Kier molecular flexibility index (Phi) is 6.99. The summed E-state index contributed by atoms with van der Waals surface area (Å²) in [6, 6.07) is 15.9. The second-order valence-corrected chi connectivity index (χ2v) is 8.38. The quantitative estimate of drug-likeness (QED) is 0.508. The molecule has 2 aromatic carbocycles. The normalized spacial score (nSPS) is 11.4. The van der Waals surface area contributed by atoms with Crippen LogP contribution in [0.25, 0.3) is 5.69 Å². The number of nitrogens with one attached hydrogen (secondary N) is 2. The lowest BCUT2D eigenvalue weighted by Gasteiger charge is -2.09. The summed E-state index contributed by atoms with van der Waals surface area (Å²) < 4.78 is 33.4. The van der Waals surface area contributed by atoms with E-state index < -0.39 is 10.0 Å². The largest absolute Gasteiger partial charge is 0.383 e. The van der Waals surface area contributed by atoms with Gasteiger partial charge in [-0.2, -0.15) is 5.10 Å². The number of carbonyl (C=O) groups is 1. The van der Waals surface area contributed by atoms with Gasteiger partial charge in [0.2, 0.25) is 10.0 Å². The van der Waals surface area contributed by atoms with Gasteiger partial charge in [-0.05, 0) is 36.8 Å². The van der Waals surface area contributed by atoms with E-state index >= 15 is 0 Å². The summed E-state index contributed by atoms with van der Waals surface area (Å²) in [6.07, 6.45) is 1.54. The monoisotopic (exact) mass is 428 g/mol. The molecule has 3 aromatic rings. The molecule has 3 rings (SSSR count). The molecule has 0 bridgehead atoms. The zero-order valence-electron chi connectivity index (χ0n) is 16.8. The van der Waals surface area contributed by atoms with Gasteiger partial charge >= 0.3 is 0 Å². The van der Waals surface area contributed by atoms with Crippen molar-refractivity contribution in [2.24, 2.45) is 0 Å². The average molecular weight is 429 g/mol. The summed E-state index contributed by atoms with van der Waals surface area (Å²) in [5, 5.41) is 7.15. The zero-order valence-corrected chi connectivity index (χ0v) is 17.6. The highest BCUT2D eigenvalue weighted by molar-refractivity contribution is 7.89. The van der Waals surface area contributed by atoms with Crippen molar-refractivity contribution in [3.05, 3.63) is 77.6 Å². The van der Waals surface area contributed by atoms with Crippen molar-refractivity contribution in [3.8, 4) is 5.69 Å². The molecule has 0 spiro atoms. The highest BCUT2D eigenvalue weighted by Crippen LogP contribution is 2.14. The van der Waals surface area contributed by atoms with Gasteiger partial charge in [0.25, 0.3) is 5.91 Å². The van der Waals surface area contributed by atoms with Crippen LogP contribution in [0.3, 0.4) is 0 Å². The Morgan fingerprint density at radius 3 is 2.47 bits per heavy atom. The molecule has 0 saturated heterocycles. The van der Waals surface area contributed by atoms with E-state index in [0.717, 1.165) is 16.9 Å². The van der Waals surface area contributed by atoms with E-state index in [-0.39, 0.29) is 23.9 Å². The smallest absolute Gasteiger partial charge is 0.255 e. The fourth-order valence-electron chi connectivity index (χ4n) is 2.89. The Bertz CT molecular complexity index is 1090. The van der Waals surface area contributed by atoms with Crippen LogP contribution >= 0.6 is 0 Å². The number of ether oxygens (including phenoxy) is 1. The van der Waals surface area contributed by atoms with Crippen LogP contribution in [0.4, 0.5) is 0 Å². The highest BCUT2D eigenvalue weighted by atomic mass is 32.2. The number of nitrogens with zero attached hydrogens (tertiary/aromatic N) is 2. The van der Waals surface area contributed by atoms with Crippen LogP contribution in [0.1, 0.15) is 21.6 Å². The fourth-order valence-corrected chi connectivity index (χ4v) is 3.90. The van der Waals surface area contributed by atoms with Gasteiger partial charge in [0.05, 0.1) is 34.6 Å². The van der Waals surface area contributed by atoms with E-state index in [9.17, 15) is 13.2 Å². The summed E-state index contributed by atoms with van der Waals surface area (Å²) in [5.74, 6) is -0.243. The molecule has 0 aliphatic rings. The number of benzene rings is 2. The Hall–Kier alpha value is -3.01. The van der Waals surface area contributed by atoms with Crippen molar-refractivity contribution in [2.45, 2.75) is 18.4 Å². The lowest BCUT2D eigenvalue weighted by molar-refractivity contribution is 0.0950. The number of para-hydroxylation sites is 1. The minimum Gasteiger partial charge on any atom is -0.383 e. The molecule has 30 heavy (non-hydrogen) atoms. The maximum atomic E-state index is 12.6. The number of sulfonamides is 1. The molecule has 1 amide bonds. The third-order valence-corrected chi connectivity index (χ3v) is 6.02. The first kappa shape index (κ1) is 21.7. The maximum absolute atomic E-state index is 12.6. The van der Waals surface area contributed by atoms with Gasteiger partial charge in [-0.15, -0.1) is 0 Å². The van der Waals surface area contributed by atoms with Gasteiger partial charge in [-0.1, -0.05) is 30.3 Å². The molecule has 9 heteroatoms. The van der Waals surface area contributed by atoms with Crippen LogP contribution < -0.4 is 10.0 Å². The molecule has 0 aliphatic heterocycles. The standard InChI is InChI=1S/C21H24N4O4S/c1-16-20(15-23-25(16)18-6-4-3-5-7-18)21(26)22-14-17-8-10-19(11-9-17)30(27,28)24-12-13-29-2/h3-11,15,24H,12-14H2,1-2H3,(H,22,26). The van der Waals surface area contributed by atoms with Crippen LogP contribution in [0, 0.1) is 6.92 Å². The van der Waals surface area contributed by atoms with Gasteiger partial charge < -0.3 is 10.1 Å². The molecule has 0 unspecified atom stereocenters. The maximum Gasteiger partial charge on any atom is 0.255 e. The lowest BCUT2D eigenvalue weighted by Crippen LogP contribution is -2.27. The molecule has 2 N–H and O–H groups in total. The minimum absolute atomic E-state index is 0.161. The lowest BCUT2D eigenvalue weighted by atomic mass is 10.2. The van der Waals surface area contributed by atoms with Gasteiger partial charge in [0, 0.05) is 20.2 Å². The Morgan fingerprint density at radius 2 is 1.80 bits per heavy atom. The predicted molar refractivity (Wildman–Crippen MR) is 113 cm³/mol. The van der Waals surface area contributed by atoms with Crippen LogP contribution in [-0.4, -0.2) is 44.4 Å². The molecule has 0 saturated carbocycles. The van der Waals surface area contributed by atoms with E-state index in [2.05, 4.69) is 15.1 Å². The summed E-state index contributed by atoms with van der Waals surface area (Å²) in [4.78, 5) is 12.7. The predicted octanol–water partition coefficient (Wildman–Crippen LogP) is 2.04. The van der Waals surface area contributed by atoms with Crippen LogP contribution in [0.15, 0.2) is 65.7 Å². The van der Waals surface area contributed by atoms with Crippen molar-refractivity contribution in [3.63, 3.8) is 0 Å².